The molecule has 1 amide bonds. The van der Waals surface area contributed by atoms with E-state index in [1.54, 1.807) is 4.68 Å². The lowest BCUT2D eigenvalue weighted by molar-refractivity contribution is -0.124. The maximum absolute atomic E-state index is 12.0. The summed E-state index contributed by atoms with van der Waals surface area (Å²) in [6, 6.07) is 1.90. The van der Waals surface area contributed by atoms with E-state index in [1.165, 1.54) is 0 Å². The molecule has 0 saturated carbocycles. The summed E-state index contributed by atoms with van der Waals surface area (Å²) in [7, 11) is 1.84. The maximum atomic E-state index is 12.0. The zero-order valence-corrected chi connectivity index (χ0v) is 11.5. The van der Waals surface area contributed by atoms with Crippen LogP contribution in [0.25, 0.3) is 0 Å². The molecule has 1 aromatic heterocycles. The Balaban J connectivity index is 2.49. The second-order valence-corrected chi connectivity index (χ2v) is 4.77. The SMILES string of the molecule is CC(C)C(C(=O)NCCc1ccn(C)n1)/C(N)=N/O. The number of nitrogens with two attached hydrogens (primary N) is 1. The molecule has 1 unspecified atom stereocenters. The number of carbonyl (C=O) groups is 1. The van der Waals surface area contributed by atoms with Gasteiger partial charge in [-0.05, 0) is 12.0 Å². The van der Waals surface area contributed by atoms with Gasteiger partial charge in [0.25, 0.3) is 0 Å². The average Bonchev–Trinajstić information content (AvgIpc) is 2.74. The molecule has 7 heteroatoms. The number of amidine groups is 1. The van der Waals surface area contributed by atoms with Crippen LogP contribution in [-0.4, -0.2) is 33.3 Å². The third-order valence-corrected chi connectivity index (χ3v) is 2.83. The van der Waals surface area contributed by atoms with E-state index in [0.717, 1.165) is 5.69 Å². The van der Waals surface area contributed by atoms with E-state index in [4.69, 9.17) is 10.9 Å². The van der Waals surface area contributed by atoms with Gasteiger partial charge < -0.3 is 16.3 Å². The van der Waals surface area contributed by atoms with E-state index in [0.29, 0.717) is 13.0 Å². The van der Waals surface area contributed by atoms with Gasteiger partial charge in [0.2, 0.25) is 5.91 Å². The van der Waals surface area contributed by atoms with Crippen LogP contribution < -0.4 is 11.1 Å². The van der Waals surface area contributed by atoms with Crippen molar-refractivity contribution in [3.63, 3.8) is 0 Å². The number of aryl methyl sites for hydroxylation is 1. The number of amides is 1. The average molecular weight is 267 g/mol. The van der Waals surface area contributed by atoms with Crippen LogP contribution in [0.4, 0.5) is 0 Å². The minimum Gasteiger partial charge on any atom is -0.409 e. The Morgan fingerprint density at radius 3 is 2.79 bits per heavy atom. The zero-order chi connectivity index (χ0) is 14.4. The van der Waals surface area contributed by atoms with Crippen molar-refractivity contribution in [3.05, 3.63) is 18.0 Å². The highest BCUT2D eigenvalue weighted by Gasteiger charge is 2.26. The Labute approximate surface area is 112 Å². The zero-order valence-electron chi connectivity index (χ0n) is 11.5. The van der Waals surface area contributed by atoms with Crippen molar-refractivity contribution in [2.75, 3.05) is 6.54 Å². The van der Waals surface area contributed by atoms with E-state index in [-0.39, 0.29) is 17.7 Å². The van der Waals surface area contributed by atoms with Crippen LogP contribution in [0.15, 0.2) is 17.4 Å². The largest absolute Gasteiger partial charge is 0.409 e. The van der Waals surface area contributed by atoms with Gasteiger partial charge in [-0.1, -0.05) is 19.0 Å². The second-order valence-electron chi connectivity index (χ2n) is 4.77. The third kappa shape index (κ3) is 4.27. The summed E-state index contributed by atoms with van der Waals surface area (Å²) in [5.41, 5.74) is 6.44. The molecule has 4 N–H and O–H groups in total. The fraction of sp³-hybridized carbons (Fsp3) is 0.583. The monoisotopic (exact) mass is 267 g/mol. The van der Waals surface area contributed by atoms with Gasteiger partial charge in [-0.15, -0.1) is 0 Å². The topological polar surface area (TPSA) is 106 Å². The lowest BCUT2D eigenvalue weighted by Crippen LogP contribution is -2.42. The molecule has 0 saturated heterocycles. The lowest BCUT2D eigenvalue weighted by atomic mass is 9.94. The van der Waals surface area contributed by atoms with Crippen molar-refractivity contribution < 1.29 is 10.0 Å². The summed E-state index contributed by atoms with van der Waals surface area (Å²) >= 11 is 0. The Bertz CT molecular complexity index is 453. The first-order valence-corrected chi connectivity index (χ1v) is 6.19. The van der Waals surface area contributed by atoms with Crippen LogP contribution in [0, 0.1) is 11.8 Å². The molecule has 0 aliphatic carbocycles. The Kier molecular flexibility index (Phi) is 5.35. The summed E-state index contributed by atoms with van der Waals surface area (Å²) in [4.78, 5) is 12.0. The maximum Gasteiger partial charge on any atom is 0.231 e. The summed E-state index contributed by atoms with van der Waals surface area (Å²) in [6.45, 7) is 4.17. The first-order chi connectivity index (χ1) is 8.95. The van der Waals surface area contributed by atoms with Crippen LogP contribution in [0.1, 0.15) is 19.5 Å². The van der Waals surface area contributed by atoms with Crippen LogP contribution in [0.2, 0.25) is 0 Å². The first-order valence-electron chi connectivity index (χ1n) is 6.19. The quantitative estimate of drug-likeness (QED) is 0.294. The first kappa shape index (κ1) is 15.0. The minimum atomic E-state index is -0.617. The summed E-state index contributed by atoms with van der Waals surface area (Å²) < 4.78 is 1.71. The highest BCUT2D eigenvalue weighted by atomic mass is 16.4. The van der Waals surface area contributed by atoms with Crippen LogP contribution >= 0.6 is 0 Å². The van der Waals surface area contributed by atoms with Gasteiger partial charge in [0, 0.05) is 26.2 Å². The third-order valence-electron chi connectivity index (χ3n) is 2.83. The van der Waals surface area contributed by atoms with Gasteiger partial charge in [-0.25, -0.2) is 0 Å². The number of aromatic nitrogens is 2. The number of oxime groups is 1. The fourth-order valence-corrected chi connectivity index (χ4v) is 1.86. The van der Waals surface area contributed by atoms with E-state index in [1.807, 2.05) is 33.2 Å². The number of hydrogen-bond donors (Lipinski definition) is 3. The van der Waals surface area contributed by atoms with Gasteiger partial charge >= 0.3 is 0 Å². The van der Waals surface area contributed by atoms with Crippen molar-refractivity contribution in [1.82, 2.24) is 15.1 Å². The highest BCUT2D eigenvalue weighted by molar-refractivity contribution is 6.02. The Morgan fingerprint density at radius 2 is 2.32 bits per heavy atom. The molecule has 0 aromatic carbocycles. The molecule has 0 radical (unpaired) electrons. The minimum absolute atomic E-state index is 0.0363. The molecule has 0 bridgehead atoms. The Morgan fingerprint density at radius 1 is 1.63 bits per heavy atom. The molecular weight excluding hydrogens is 246 g/mol. The Hall–Kier alpha value is -2.05. The molecule has 0 aliphatic rings. The molecule has 0 aliphatic heterocycles. The highest BCUT2D eigenvalue weighted by Crippen LogP contribution is 2.11. The number of carbonyl (C=O) groups excluding carboxylic acids is 1. The predicted molar refractivity (Wildman–Crippen MR) is 71.7 cm³/mol. The summed E-state index contributed by atoms with van der Waals surface area (Å²) in [5, 5.41) is 18.6. The van der Waals surface area contributed by atoms with Crippen molar-refractivity contribution in [1.29, 1.82) is 0 Å². The molecule has 1 rings (SSSR count). The van der Waals surface area contributed by atoms with Gasteiger partial charge in [0.1, 0.15) is 5.92 Å². The van der Waals surface area contributed by atoms with Gasteiger partial charge in [-0.2, -0.15) is 5.10 Å². The van der Waals surface area contributed by atoms with Crippen LogP contribution in [0.3, 0.4) is 0 Å². The molecule has 0 spiro atoms. The standard InChI is InChI=1S/C12H21N5O2/c1-8(2)10(11(13)16-19)12(18)14-6-4-9-5-7-17(3)15-9/h5,7-8,10,19H,4,6H2,1-3H3,(H2,13,16)(H,14,18). The van der Waals surface area contributed by atoms with Crippen molar-refractivity contribution in [2.24, 2.45) is 29.8 Å². The number of hydrogen-bond acceptors (Lipinski definition) is 4. The normalized spacial score (nSPS) is 13.6. The van der Waals surface area contributed by atoms with Crippen LogP contribution in [0.5, 0.6) is 0 Å². The van der Waals surface area contributed by atoms with Gasteiger partial charge in [0.15, 0.2) is 5.84 Å². The molecular formula is C12H21N5O2. The molecule has 1 atom stereocenters. The second kappa shape index (κ2) is 6.77. The molecule has 106 valence electrons. The smallest absolute Gasteiger partial charge is 0.231 e. The van der Waals surface area contributed by atoms with E-state index in [9.17, 15) is 4.79 Å². The molecule has 0 fully saturated rings. The van der Waals surface area contributed by atoms with Crippen LogP contribution in [-0.2, 0) is 18.3 Å². The number of nitrogens with zero attached hydrogens (tertiary/aromatic N) is 3. The number of nitrogens with one attached hydrogen (secondary N) is 1. The summed E-state index contributed by atoms with van der Waals surface area (Å²) in [6.07, 6.45) is 2.50. The molecule has 19 heavy (non-hydrogen) atoms. The van der Waals surface area contributed by atoms with Gasteiger partial charge in [0.05, 0.1) is 5.69 Å². The van der Waals surface area contributed by atoms with E-state index in [2.05, 4.69) is 15.6 Å². The van der Waals surface area contributed by atoms with Crippen molar-refractivity contribution >= 4 is 11.7 Å². The molecule has 1 heterocycles. The molecule has 7 nitrogen and oxygen atoms in total. The van der Waals surface area contributed by atoms with E-state index < -0.39 is 5.92 Å². The summed E-state index contributed by atoms with van der Waals surface area (Å²) in [5.74, 6) is -0.953. The molecule has 1 aromatic rings. The van der Waals surface area contributed by atoms with Crippen molar-refractivity contribution in [2.45, 2.75) is 20.3 Å². The lowest BCUT2D eigenvalue weighted by Gasteiger charge is -2.18. The fourth-order valence-electron chi connectivity index (χ4n) is 1.86. The van der Waals surface area contributed by atoms with Crippen molar-refractivity contribution in [3.8, 4) is 0 Å². The van der Waals surface area contributed by atoms with E-state index >= 15 is 0 Å². The number of rotatable bonds is 6. The van der Waals surface area contributed by atoms with Gasteiger partial charge in [-0.3, -0.25) is 9.48 Å². The predicted octanol–water partition coefficient (Wildman–Crippen LogP) is 0.0974.